The number of carbonyl (C=O) groups excluding carboxylic acids is 2. The van der Waals surface area contributed by atoms with Gasteiger partial charge < -0.3 is 10.2 Å². The Bertz CT molecular complexity index is 828. The molecule has 160 valence electrons. The molecule has 0 bridgehead atoms. The third-order valence-electron chi connectivity index (χ3n) is 6.04. The van der Waals surface area contributed by atoms with Gasteiger partial charge in [-0.25, -0.2) is 0 Å². The van der Waals surface area contributed by atoms with Crippen LogP contribution in [0.1, 0.15) is 62.1 Å². The van der Waals surface area contributed by atoms with Crippen molar-refractivity contribution in [3.63, 3.8) is 0 Å². The summed E-state index contributed by atoms with van der Waals surface area (Å²) in [4.78, 5) is 28.4. The van der Waals surface area contributed by atoms with Crippen molar-refractivity contribution in [2.75, 3.05) is 0 Å². The average molecular weight is 407 g/mol. The van der Waals surface area contributed by atoms with Gasteiger partial charge in [0.15, 0.2) is 0 Å². The predicted molar refractivity (Wildman–Crippen MR) is 121 cm³/mol. The first kappa shape index (κ1) is 22.1. The van der Waals surface area contributed by atoms with Crippen molar-refractivity contribution in [1.29, 1.82) is 0 Å². The van der Waals surface area contributed by atoms with Crippen molar-refractivity contribution in [1.82, 2.24) is 10.2 Å². The zero-order valence-electron chi connectivity index (χ0n) is 18.3. The number of nitrogens with one attached hydrogen (secondary N) is 1. The van der Waals surface area contributed by atoms with Crippen LogP contribution in [0.2, 0.25) is 0 Å². The molecule has 2 aromatic rings. The number of aryl methyl sites for hydroxylation is 1. The van der Waals surface area contributed by atoms with Gasteiger partial charge in [-0.15, -0.1) is 0 Å². The van der Waals surface area contributed by atoms with E-state index in [4.69, 9.17) is 0 Å². The highest BCUT2D eigenvalue weighted by molar-refractivity contribution is 5.88. The van der Waals surface area contributed by atoms with E-state index in [1.54, 1.807) is 0 Å². The second-order valence-corrected chi connectivity index (χ2v) is 8.39. The van der Waals surface area contributed by atoms with Crippen molar-refractivity contribution in [3.8, 4) is 0 Å². The van der Waals surface area contributed by atoms with E-state index in [0.717, 1.165) is 48.8 Å². The molecule has 4 nitrogen and oxygen atoms in total. The normalized spacial score (nSPS) is 15.0. The fourth-order valence-electron chi connectivity index (χ4n) is 4.25. The highest BCUT2D eigenvalue weighted by Crippen LogP contribution is 2.21. The molecule has 4 heteroatoms. The fourth-order valence-corrected chi connectivity index (χ4v) is 4.25. The van der Waals surface area contributed by atoms with E-state index in [0.29, 0.717) is 19.4 Å². The molecule has 3 rings (SSSR count). The molecule has 1 atom stereocenters. The summed E-state index contributed by atoms with van der Waals surface area (Å²) >= 11 is 0. The van der Waals surface area contributed by atoms with Crippen LogP contribution < -0.4 is 5.32 Å². The van der Waals surface area contributed by atoms with Gasteiger partial charge in [0, 0.05) is 25.4 Å². The first-order valence-corrected chi connectivity index (χ1v) is 11.3. The molecule has 0 heterocycles. The molecular formula is C26H34N2O2. The second-order valence-electron chi connectivity index (χ2n) is 8.39. The van der Waals surface area contributed by atoms with Gasteiger partial charge in [-0.2, -0.15) is 0 Å². The van der Waals surface area contributed by atoms with Crippen molar-refractivity contribution in [2.24, 2.45) is 0 Å². The smallest absolute Gasteiger partial charge is 0.243 e. The molecule has 30 heavy (non-hydrogen) atoms. The molecule has 1 saturated carbocycles. The quantitative estimate of drug-likeness (QED) is 0.651. The van der Waals surface area contributed by atoms with Gasteiger partial charge in [0.05, 0.1) is 0 Å². The van der Waals surface area contributed by atoms with Crippen molar-refractivity contribution >= 4 is 11.8 Å². The molecule has 0 aliphatic heterocycles. The lowest BCUT2D eigenvalue weighted by molar-refractivity contribution is -0.141. The molecule has 1 fully saturated rings. The maximum absolute atomic E-state index is 13.4. The van der Waals surface area contributed by atoms with Crippen molar-refractivity contribution in [2.45, 2.75) is 77.4 Å². The van der Waals surface area contributed by atoms with Crippen molar-refractivity contribution < 1.29 is 9.59 Å². The predicted octanol–water partition coefficient (Wildman–Crippen LogP) is 4.79. The van der Waals surface area contributed by atoms with Gasteiger partial charge in [0.1, 0.15) is 6.04 Å². The van der Waals surface area contributed by atoms with Crippen LogP contribution in [0.3, 0.4) is 0 Å². The maximum atomic E-state index is 13.4. The lowest BCUT2D eigenvalue weighted by Crippen LogP contribution is -2.52. The Balaban J connectivity index is 1.90. The molecule has 0 saturated heterocycles. The number of hydrogen-bond donors (Lipinski definition) is 1. The molecular weight excluding hydrogens is 372 g/mol. The summed E-state index contributed by atoms with van der Waals surface area (Å²) in [6.07, 6.45) is 6.14. The third-order valence-corrected chi connectivity index (χ3v) is 6.04. The highest BCUT2D eigenvalue weighted by atomic mass is 16.2. The van der Waals surface area contributed by atoms with E-state index in [9.17, 15) is 9.59 Å². The first-order chi connectivity index (χ1) is 14.6. The zero-order valence-corrected chi connectivity index (χ0v) is 18.3. The largest absolute Gasteiger partial charge is 0.352 e. The van der Waals surface area contributed by atoms with Gasteiger partial charge >= 0.3 is 0 Å². The number of carbonyl (C=O) groups is 2. The van der Waals surface area contributed by atoms with E-state index >= 15 is 0 Å². The van der Waals surface area contributed by atoms with Crippen LogP contribution in [0, 0.1) is 6.92 Å². The van der Waals surface area contributed by atoms with Gasteiger partial charge in [-0.3, -0.25) is 9.59 Å². The van der Waals surface area contributed by atoms with Crippen LogP contribution in [0.5, 0.6) is 0 Å². The van der Waals surface area contributed by atoms with E-state index < -0.39 is 6.04 Å². The van der Waals surface area contributed by atoms with Crippen molar-refractivity contribution in [3.05, 3.63) is 71.3 Å². The number of benzene rings is 2. The molecule has 1 aliphatic carbocycles. The first-order valence-electron chi connectivity index (χ1n) is 11.3. The van der Waals surface area contributed by atoms with Crippen LogP contribution in [-0.4, -0.2) is 28.8 Å². The van der Waals surface area contributed by atoms with Gasteiger partial charge in [-0.05, 0) is 42.9 Å². The minimum atomic E-state index is -0.508. The van der Waals surface area contributed by atoms with E-state index in [1.807, 2.05) is 54.3 Å². The summed E-state index contributed by atoms with van der Waals surface area (Å²) in [5.41, 5.74) is 3.30. The highest BCUT2D eigenvalue weighted by Gasteiger charge is 2.31. The molecule has 1 aliphatic rings. The summed E-state index contributed by atoms with van der Waals surface area (Å²) < 4.78 is 0. The lowest BCUT2D eigenvalue weighted by atomic mass is 10.0. The minimum absolute atomic E-state index is 0.0243. The monoisotopic (exact) mass is 406 g/mol. The number of amides is 2. The van der Waals surface area contributed by atoms with Crippen LogP contribution in [0.15, 0.2) is 54.6 Å². The van der Waals surface area contributed by atoms with Crippen LogP contribution in [0.4, 0.5) is 0 Å². The number of hydrogen-bond acceptors (Lipinski definition) is 2. The second kappa shape index (κ2) is 11.0. The fraction of sp³-hybridized carbons (Fsp3) is 0.462. The SMILES string of the molecule is CCCC(=O)N(Cc1ccccc1C)[C@@H](Cc1ccccc1)C(=O)NC1CCCC1. The van der Waals surface area contributed by atoms with Crippen LogP contribution >= 0.6 is 0 Å². The third kappa shape index (κ3) is 5.94. The number of nitrogens with zero attached hydrogens (tertiary/aromatic N) is 1. The Hall–Kier alpha value is -2.62. The average Bonchev–Trinajstić information content (AvgIpc) is 3.25. The summed E-state index contributed by atoms with van der Waals surface area (Å²) in [7, 11) is 0. The standard InChI is InChI=1S/C26H34N2O2/c1-3-11-25(29)28(19-22-15-8-7-12-20(22)2)24(18-21-13-5-4-6-14-21)26(30)27-23-16-9-10-17-23/h4-8,12-15,23-24H,3,9-11,16-19H2,1-2H3,(H,27,30)/t24-/m0/s1. The molecule has 0 unspecified atom stereocenters. The topological polar surface area (TPSA) is 49.4 Å². The lowest BCUT2D eigenvalue weighted by Gasteiger charge is -2.32. The molecule has 0 radical (unpaired) electrons. The van der Waals surface area contributed by atoms with Gasteiger partial charge in [0.2, 0.25) is 11.8 Å². The molecule has 0 aromatic heterocycles. The Morgan fingerprint density at radius 1 is 1.03 bits per heavy atom. The summed E-state index contributed by atoms with van der Waals surface area (Å²) in [5, 5.41) is 3.24. The van der Waals surface area contributed by atoms with E-state index in [2.05, 4.69) is 24.4 Å². The zero-order chi connectivity index (χ0) is 21.3. The summed E-state index contributed by atoms with van der Waals surface area (Å²) in [5.74, 6) is 0.0204. The molecule has 2 aromatic carbocycles. The maximum Gasteiger partial charge on any atom is 0.243 e. The van der Waals surface area contributed by atoms with Gasteiger partial charge in [0.25, 0.3) is 0 Å². The molecule has 0 spiro atoms. The minimum Gasteiger partial charge on any atom is -0.352 e. The van der Waals surface area contributed by atoms with Crippen LogP contribution in [0.25, 0.3) is 0 Å². The summed E-state index contributed by atoms with van der Waals surface area (Å²) in [6, 6.07) is 17.9. The Kier molecular flexibility index (Phi) is 8.06. The van der Waals surface area contributed by atoms with Gasteiger partial charge in [-0.1, -0.05) is 74.4 Å². The van der Waals surface area contributed by atoms with Crippen LogP contribution in [-0.2, 0) is 22.6 Å². The van der Waals surface area contributed by atoms with E-state index in [1.165, 1.54) is 0 Å². The molecule has 2 amide bonds. The molecule has 1 N–H and O–H groups in total. The Morgan fingerprint density at radius 3 is 2.37 bits per heavy atom. The number of rotatable bonds is 9. The summed E-state index contributed by atoms with van der Waals surface area (Å²) in [6.45, 7) is 4.53. The Labute approximate surface area is 180 Å². The van der Waals surface area contributed by atoms with E-state index in [-0.39, 0.29) is 17.9 Å². The Morgan fingerprint density at radius 2 is 1.70 bits per heavy atom.